The zero-order chi connectivity index (χ0) is 18.9. The number of carbonyl (C=O) groups excluding carboxylic acids is 1. The Morgan fingerprint density at radius 3 is 2.62 bits per heavy atom. The van der Waals surface area contributed by atoms with Gasteiger partial charge < -0.3 is 20.3 Å². The molecule has 0 saturated heterocycles. The van der Waals surface area contributed by atoms with Crippen LogP contribution in [-0.4, -0.2) is 35.9 Å². The molecule has 2 aromatic rings. The molecule has 2 unspecified atom stereocenters. The number of nitrogens with one attached hydrogen (secondary N) is 1. The lowest BCUT2D eigenvalue weighted by Gasteiger charge is -2.18. The van der Waals surface area contributed by atoms with Crippen LogP contribution in [0.25, 0.3) is 0 Å². The smallest absolute Gasteiger partial charge is 0.341 e. The lowest BCUT2D eigenvalue weighted by Crippen LogP contribution is -2.30. The van der Waals surface area contributed by atoms with Gasteiger partial charge in [-0.05, 0) is 49.4 Å². The largest absolute Gasteiger partial charge is 0.507 e. The van der Waals surface area contributed by atoms with Crippen molar-refractivity contribution in [2.24, 2.45) is 0 Å². The summed E-state index contributed by atoms with van der Waals surface area (Å²) in [7, 11) is 1.25. The molecule has 2 rings (SSSR count). The Bertz CT molecular complexity index is 702. The van der Waals surface area contributed by atoms with Gasteiger partial charge in [0.1, 0.15) is 11.3 Å². The van der Waals surface area contributed by atoms with Crippen molar-refractivity contribution in [1.29, 1.82) is 0 Å². The molecule has 0 aliphatic carbocycles. The molecule has 0 saturated carbocycles. The number of carbonyl (C=O) groups is 1. The van der Waals surface area contributed by atoms with Gasteiger partial charge in [-0.2, -0.15) is 0 Å². The number of phenolic OH excluding ortho intramolecular Hbond substituents is 1. The standard InChI is InChI=1S/C21H27NO4/c1-15(7-6-10-16-8-4-3-5-9-16)22-14-20(24)17-11-12-19(23)18(13-17)21(25)26-2/h3-5,8-9,11-13,15,20,22-24H,6-7,10,14H2,1-2H3. The molecule has 3 N–H and O–H groups in total. The number of aromatic hydroxyl groups is 1. The van der Waals surface area contributed by atoms with E-state index in [1.54, 1.807) is 6.07 Å². The topological polar surface area (TPSA) is 78.8 Å². The van der Waals surface area contributed by atoms with Crippen molar-refractivity contribution in [2.45, 2.75) is 38.3 Å². The zero-order valence-electron chi connectivity index (χ0n) is 15.3. The van der Waals surface area contributed by atoms with E-state index < -0.39 is 12.1 Å². The van der Waals surface area contributed by atoms with Crippen molar-refractivity contribution >= 4 is 5.97 Å². The van der Waals surface area contributed by atoms with E-state index in [2.05, 4.69) is 29.1 Å². The Balaban J connectivity index is 1.80. The van der Waals surface area contributed by atoms with E-state index in [1.165, 1.54) is 24.8 Å². The molecule has 0 aromatic heterocycles. The van der Waals surface area contributed by atoms with E-state index >= 15 is 0 Å². The van der Waals surface area contributed by atoms with Gasteiger partial charge in [0.2, 0.25) is 0 Å². The third kappa shape index (κ3) is 5.86. The summed E-state index contributed by atoms with van der Waals surface area (Å²) in [6, 6.07) is 15.1. The van der Waals surface area contributed by atoms with E-state index in [1.807, 2.05) is 18.2 Å². The summed E-state index contributed by atoms with van der Waals surface area (Å²) >= 11 is 0. The van der Waals surface area contributed by atoms with Gasteiger partial charge in [0.05, 0.1) is 13.2 Å². The molecular formula is C21H27NO4. The van der Waals surface area contributed by atoms with Gasteiger partial charge in [0.25, 0.3) is 0 Å². The molecule has 140 valence electrons. The second kappa shape index (κ2) is 9.94. The van der Waals surface area contributed by atoms with E-state index in [9.17, 15) is 15.0 Å². The number of methoxy groups -OCH3 is 1. The minimum atomic E-state index is -0.768. The lowest BCUT2D eigenvalue weighted by molar-refractivity contribution is 0.0597. The zero-order valence-corrected chi connectivity index (χ0v) is 15.3. The summed E-state index contributed by atoms with van der Waals surface area (Å²) in [6.45, 7) is 2.46. The normalized spacial score (nSPS) is 13.2. The molecule has 2 aromatic carbocycles. The molecule has 0 radical (unpaired) electrons. The highest BCUT2D eigenvalue weighted by atomic mass is 16.5. The van der Waals surface area contributed by atoms with Gasteiger partial charge in [0, 0.05) is 12.6 Å². The van der Waals surface area contributed by atoms with Crippen LogP contribution >= 0.6 is 0 Å². The summed E-state index contributed by atoms with van der Waals surface area (Å²) in [6.07, 6.45) is 2.34. The number of hydrogen-bond acceptors (Lipinski definition) is 5. The summed E-state index contributed by atoms with van der Waals surface area (Å²) in [5.41, 5.74) is 1.95. The first kappa shape index (κ1) is 19.9. The van der Waals surface area contributed by atoms with E-state index in [-0.39, 0.29) is 17.4 Å². The minimum Gasteiger partial charge on any atom is -0.507 e. The fraction of sp³-hybridized carbons (Fsp3) is 0.381. The van der Waals surface area contributed by atoms with E-state index in [0.717, 1.165) is 19.3 Å². The average Bonchev–Trinajstić information content (AvgIpc) is 2.66. The number of aliphatic hydroxyl groups excluding tert-OH is 1. The molecule has 0 bridgehead atoms. The second-order valence-electron chi connectivity index (χ2n) is 6.47. The van der Waals surface area contributed by atoms with Gasteiger partial charge in [-0.15, -0.1) is 0 Å². The number of benzene rings is 2. The molecule has 0 heterocycles. The Morgan fingerprint density at radius 1 is 1.19 bits per heavy atom. The van der Waals surface area contributed by atoms with Gasteiger partial charge in [0.15, 0.2) is 0 Å². The van der Waals surface area contributed by atoms with Crippen LogP contribution in [0.4, 0.5) is 0 Å². The Morgan fingerprint density at radius 2 is 1.92 bits per heavy atom. The number of ether oxygens (including phenoxy) is 1. The number of aryl methyl sites for hydroxylation is 1. The summed E-state index contributed by atoms with van der Waals surface area (Å²) < 4.78 is 4.63. The molecule has 5 heteroatoms. The highest BCUT2D eigenvalue weighted by Gasteiger charge is 2.16. The maximum absolute atomic E-state index is 11.6. The van der Waals surface area contributed by atoms with Crippen molar-refractivity contribution in [2.75, 3.05) is 13.7 Å². The van der Waals surface area contributed by atoms with Crippen molar-refractivity contribution in [1.82, 2.24) is 5.32 Å². The first-order chi connectivity index (χ1) is 12.5. The number of esters is 1. The highest BCUT2D eigenvalue weighted by Crippen LogP contribution is 2.23. The fourth-order valence-corrected chi connectivity index (χ4v) is 2.82. The molecule has 2 atom stereocenters. The SMILES string of the molecule is COC(=O)c1cc(C(O)CNC(C)CCCc2ccccc2)ccc1O. The molecule has 0 aliphatic rings. The number of aliphatic hydroxyl groups is 1. The molecule has 5 nitrogen and oxygen atoms in total. The molecule has 0 aliphatic heterocycles. The van der Waals surface area contributed by atoms with Crippen LogP contribution in [0.3, 0.4) is 0 Å². The van der Waals surface area contributed by atoms with Crippen LogP contribution in [0.15, 0.2) is 48.5 Å². The molecule has 0 spiro atoms. The van der Waals surface area contributed by atoms with Crippen LogP contribution in [-0.2, 0) is 11.2 Å². The number of rotatable bonds is 9. The first-order valence-electron chi connectivity index (χ1n) is 8.88. The molecular weight excluding hydrogens is 330 g/mol. The van der Waals surface area contributed by atoms with Crippen LogP contribution in [0.5, 0.6) is 5.75 Å². The second-order valence-corrected chi connectivity index (χ2v) is 6.47. The maximum Gasteiger partial charge on any atom is 0.341 e. The van der Waals surface area contributed by atoms with Crippen LogP contribution in [0, 0.1) is 0 Å². The number of phenols is 1. The number of hydrogen-bond donors (Lipinski definition) is 3. The van der Waals surface area contributed by atoms with Crippen molar-refractivity contribution < 1.29 is 19.7 Å². The summed E-state index contributed by atoms with van der Waals surface area (Å²) in [4.78, 5) is 11.6. The average molecular weight is 357 g/mol. The molecule has 0 fully saturated rings. The highest BCUT2D eigenvalue weighted by molar-refractivity contribution is 5.92. The van der Waals surface area contributed by atoms with Crippen LogP contribution in [0.1, 0.15) is 47.4 Å². The first-order valence-corrected chi connectivity index (χ1v) is 8.88. The van der Waals surface area contributed by atoms with E-state index in [0.29, 0.717) is 12.1 Å². The van der Waals surface area contributed by atoms with Crippen molar-refractivity contribution in [3.63, 3.8) is 0 Å². The van der Waals surface area contributed by atoms with Crippen molar-refractivity contribution in [3.05, 3.63) is 65.2 Å². The van der Waals surface area contributed by atoms with Crippen molar-refractivity contribution in [3.8, 4) is 5.75 Å². The molecule has 0 amide bonds. The summed E-state index contributed by atoms with van der Waals surface area (Å²) in [5.74, 6) is -0.783. The predicted molar refractivity (Wildman–Crippen MR) is 101 cm³/mol. The van der Waals surface area contributed by atoms with Crippen LogP contribution in [0.2, 0.25) is 0 Å². The van der Waals surface area contributed by atoms with Gasteiger partial charge >= 0.3 is 5.97 Å². The monoisotopic (exact) mass is 357 g/mol. The quantitative estimate of drug-likeness (QED) is 0.601. The van der Waals surface area contributed by atoms with Gasteiger partial charge in [-0.1, -0.05) is 36.4 Å². The molecule has 26 heavy (non-hydrogen) atoms. The maximum atomic E-state index is 11.6. The van der Waals surface area contributed by atoms with Crippen LogP contribution < -0.4 is 5.32 Å². The Hall–Kier alpha value is -2.37. The lowest BCUT2D eigenvalue weighted by atomic mass is 10.0. The van der Waals surface area contributed by atoms with E-state index in [4.69, 9.17) is 0 Å². The third-order valence-electron chi connectivity index (χ3n) is 4.42. The Kier molecular flexibility index (Phi) is 7.63. The van der Waals surface area contributed by atoms with Gasteiger partial charge in [-0.25, -0.2) is 4.79 Å². The fourth-order valence-electron chi connectivity index (χ4n) is 2.82. The van der Waals surface area contributed by atoms with Gasteiger partial charge in [-0.3, -0.25) is 0 Å². The predicted octanol–water partition coefficient (Wildman–Crippen LogP) is 3.21. The third-order valence-corrected chi connectivity index (χ3v) is 4.42. The minimum absolute atomic E-state index is 0.0555. The Labute approximate surface area is 154 Å². The summed E-state index contributed by atoms with van der Waals surface area (Å²) in [5, 5.41) is 23.4.